The molecule has 0 aliphatic carbocycles. The second-order valence-electron chi connectivity index (χ2n) is 2.94. The zero-order chi connectivity index (χ0) is 10.7. The normalized spacial score (nSPS) is 10.2. The van der Waals surface area contributed by atoms with E-state index in [4.69, 9.17) is 4.74 Å². The van der Waals surface area contributed by atoms with E-state index in [1.54, 1.807) is 19.3 Å². The lowest BCUT2D eigenvalue weighted by atomic mass is 10.3. The van der Waals surface area contributed by atoms with E-state index in [9.17, 15) is 4.79 Å². The molecule has 0 saturated heterocycles. The van der Waals surface area contributed by atoms with Gasteiger partial charge in [-0.1, -0.05) is 0 Å². The molecule has 15 heavy (non-hydrogen) atoms. The van der Waals surface area contributed by atoms with E-state index in [1.165, 1.54) is 0 Å². The van der Waals surface area contributed by atoms with Gasteiger partial charge in [-0.15, -0.1) is 0 Å². The SMILES string of the molecule is CCOC(=O)Nc1nccc2[nH]ccc12. The Morgan fingerprint density at radius 1 is 1.60 bits per heavy atom. The Balaban J connectivity index is 2.27. The number of aromatic nitrogens is 2. The number of ether oxygens (including phenoxy) is 1. The summed E-state index contributed by atoms with van der Waals surface area (Å²) in [6.07, 6.45) is 2.93. The number of fused-ring (bicyclic) bond motifs is 1. The number of H-pyrrole nitrogens is 1. The first-order valence-electron chi connectivity index (χ1n) is 4.67. The molecule has 0 aliphatic rings. The molecule has 2 aromatic heterocycles. The maximum Gasteiger partial charge on any atom is 0.412 e. The van der Waals surface area contributed by atoms with Crippen LogP contribution in [-0.4, -0.2) is 22.7 Å². The first-order valence-corrected chi connectivity index (χ1v) is 4.67. The van der Waals surface area contributed by atoms with Gasteiger partial charge in [0.15, 0.2) is 0 Å². The van der Waals surface area contributed by atoms with Crippen LogP contribution in [-0.2, 0) is 4.74 Å². The first-order chi connectivity index (χ1) is 7.31. The van der Waals surface area contributed by atoms with Crippen LogP contribution in [0.3, 0.4) is 0 Å². The zero-order valence-corrected chi connectivity index (χ0v) is 8.28. The number of anilines is 1. The molecule has 78 valence electrons. The van der Waals surface area contributed by atoms with Crippen LogP contribution in [0.2, 0.25) is 0 Å². The summed E-state index contributed by atoms with van der Waals surface area (Å²) in [5.41, 5.74) is 0.928. The Morgan fingerprint density at radius 3 is 3.27 bits per heavy atom. The standard InChI is InChI=1S/C10H11N3O2/c1-2-15-10(14)13-9-7-3-5-11-8(7)4-6-12-9/h3-6,11H,2H2,1H3,(H,12,13,14). The summed E-state index contributed by atoms with van der Waals surface area (Å²) in [5.74, 6) is 0.507. The molecule has 0 unspecified atom stereocenters. The second-order valence-corrected chi connectivity index (χ2v) is 2.94. The number of nitrogens with zero attached hydrogens (tertiary/aromatic N) is 1. The van der Waals surface area contributed by atoms with Gasteiger partial charge in [0, 0.05) is 17.8 Å². The molecule has 0 aliphatic heterocycles. The summed E-state index contributed by atoms with van der Waals surface area (Å²) in [6, 6.07) is 3.69. The van der Waals surface area contributed by atoms with Crippen molar-refractivity contribution in [3.05, 3.63) is 24.5 Å². The molecule has 0 spiro atoms. The van der Waals surface area contributed by atoms with Gasteiger partial charge < -0.3 is 9.72 Å². The summed E-state index contributed by atoms with van der Waals surface area (Å²) in [5, 5.41) is 3.45. The lowest BCUT2D eigenvalue weighted by Gasteiger charge is -2.04. The van der Waals surface area contributed by atoms with Crippen LogP contribution in [0.25, 0.3) is 10.9 Å². The molecule has 5 nitrogen and oxygen atoms in total. The van der Waals surface area contributed by atoms with E-state index in [1.807, 2.05) is 12.1 Å². The van der Waals surface area contributed by atoms with Crippen LogP contribution in [0.1, 0.15) is 6.92 Å². The number of pyridine rings is 1. The van der Waals surface area contributed by atoms with Gasteiger partial charge in [-0.25, -0.2) is 9.78 Å². The molecule has 1 amide bonds. The molecule has 2 aromatic rings. The topological polar surface area (TPSA) is 67.0 Å². The number of nitrogens with one attached hydrogen (secondary N) is 2. The summed E-state index contributed by atoms with van der Waals surface area (Å²) in [7, 11) is 0. The fraction of sp³-hybridized carbons (Fsp3) is 0.200. The molecule has 0 bridgehead atoms. The van der Waals surface area contributed by atoms with Gasteiger partial charge in [-0.3, -0.25) is 5.32 Å². The molecule has 2 rings (SSSR count). The first kappa shape index (κ1) is 9.51. The number of carbonyl (C=O) groups excluding carboxylic acids is 1. The number of hydrogen-bond donors (Lipinski definition) is 2. The maximum atomic E-state index is 11.2. The van der Waals surface area contributed by atoms with Crippen molar-refractivity contribution in [3.8, 4) is 0 Å². The molecular formula is C10H11N3O2. The summed E-state index contributed by atoms with van der Waals surface area (Å²) in [4.78, 5) is 18.3. The van der Waals surface area contributed by atoms with Gasteiger partial charge in [0.2, 0.25) is 0 Å². The van der Waals surface area contributed by atoms with Crippen molar-refractivity contribution < 1.29 is 9.53 Å². The highest BCUT2D eigenvalue weighted by molar-refractivity contribution is 5.96. The third-order valence-electron chi connectivity index (χ3n) is 1.97. The van der Waals surface area contributed by atoms with Gasteiger partial charge in [0.25, 0.3) is 0 Å². The van der Waals surface area contributed by atoms with Gasteiger partial charge >= 0.3 is 6.09 Å². The molecule has 0 radical (unpaired) electrons. The van der Waals surface area contributed by atoms with Crippen molar-refractivity contribution in [1.29, 1.82) is 0 Å². The number of hydrogen-bond acceptors (Lipinski definition) is 3. The van der Waals surface area contributed by atoms with Crippen molar-refractivity contribution in [2.75, 3.05) is 11.9 Å². The van der Waals surface area contributed by atoms with Crippen molar-refractivity contribution in [2.24, 2.45) is 0 Å². The Kier molecular flexibility index (Phi) is 2.53. The van der Waals surface area contributed by atoms with E-state index >= 15 is 0 Å². The monoisotopic (exact) mass is 205 g/mol. The zero-order valence-electron chi connectivity index (χ0n) is 8.28. The Labute approximate surface area is 86.5 Å². The number of rotatable bonds is 2. The molecule has 5 heteroatoms. The number of carbonyl (C=O) groups is 1. The molecule has 0 fully saturated rings. The molecule has 2 heterocycles. The minimum absolute atomic E-state index is 0.342. The predicted molar refractivity (Wildman–Crippen MR) is 56.7 cm³/mol. The minimum atomic E-state index is -0.487. The fourth-order valence-corrected chi connectivity index (χ4v) is 1.35. The van der Waals surface area contributed by atoms with E-state index in [-0.39, 0.29) is 0 Å². The van der Waals surface area contributed by atoms with Crippen molar-refractivity contribution >= 4 is 22.8 Å². The van der Waals surface area contributed by atoms with E-state index in [2.05, 4.69) is 15.3 Å². The summed E-state index contributed by atoms with van der Waals surface area (Å²) < 4.78 is 4.77. The van der Waals surface area contributed by atoms with Crippen molar-refractivity contribution in [2.45, 2.75) is 6.92 Å². The highest BCUT2D eigenvalue weighted by Gasteiger charge is 2.07. The van der Waals surface area contributed by atoms with Crippen LogP contribution >= 0.6 is 0 Å². The number of aromatic amines is 1. The Morgan fingerprint density at radius 2 is 2.47 bits per heavy atom. The third-order valence-corrected chi connectivity index (χ3v) is 1.97. The molecule has 0 aromatic carbocycles. The van der Waals surface area contributed by atoms with E-state index in [0.717, 1.165) is 10.9 Å². The van der Waals surface area contributed by atoms with Crippen LogP contribution in [0.5, 0.6) is 0 Å². The van der Waals surface area contributed by atoms with Crippen LogP contribution in [0, 0.1) is 0 Å². The lowest BCUT2D eigenvalue weighted by Crippen LogP contribution is -2.14. The largest absolute Gasteiger partial charge is 0.450 e. The smallest absolute Gasteiger partial charge is 0.412 e. The quantitative estimate of drug-likeness (QED) is 0.789. The van der Waals surface area contributed by atoms with Crippen LogP contribution in [0.15, 0.2) is 24.5 Å². The van der Waals surface area contributed by atoms with E-state index < -0.39 is 6.09 Å². The third kappa shape index (κ3) is 1.90. The molecule has 0 saturated carbocycles. The fourth-order valence-electron chi connectivity index (χ4n) is 1.35. The minimum Gasteiger partial charge on any atom is -0.450 e. The molecule has 2 N–H and O–H groups in total. The maximum absolute atomic E-state index is 11.2. The van der Waals surface area contributed by atoms with Crippen molar-refractivity contribution in [1.82, 2.24) is 9.97 Å². The molecule has 0 atom stereocenters. The van der Waals surface area contributed by atoms with Gasteiger partial charge in [0.1, 0.15) is 5.82 Å². The lowest BCUT2D eigenvalue weighted by molar-refractivity contribution is 0.168. The van der Waals surface area contributed by atoms with Gasteiger partial charge in [-0.2, -0.15) is 0 Å². The average molecular weight is 205 g/mol. The predicted octanol–water partition coefficient (Wildman–Crippen LogP) is 2.13. The second kappa shape index (κ2) is 4.00. The Bertz CT molecular complexity index is 478. The summed E-state index contributed by atoms with van der Waals surface area (Å²) in [6.45, 7) is 2.10. The average Bonchev–Trinajstić information content (AvgIpc) is 2.67. The van der Waals surface area contributed by atoms with E-state index in [0.29, 0.717) is 12.4 Å². The van der Waals surface area contributed by atoms with Gasteiger partial charge in [0.05, 0.1) is 12.1 Å². The van der Waals surface area contributed by atoms with Crippen LogP contribution < -0.4 is 5.32 Å². The molecular weight excluding hydrogens is 194 g/mol. The highest BCUT2D eigenvalue weighted by atomic mass is 16.5. The highest BCUT2D eigenvalue weighted by Crippen LogP contribution is 2.19. The van der Waals surface area contributed by atoms with Gasteiger partial charge in [-0.05, 0) is 19.1 Å². The number of amides is 1. The van der Waals surface area contributed by atoms with Crippen LogP contribution in [0.4, 0.5) is 10.6 Å². The Hall–Kier alpha value is -2.04. The van der Waals surface area contributed by atoms with Crippen molar-refractivity contribution in [3.63, 3.8) is 0 Å². The summed E-state index contributed by atoms with van der Waals surface area (Å²) >= 11 is 0.